The number of hydrogen-bond donors (Lipinski definition) is 3. The molecule has 0 aromatic carbocycles. The lowest BCUT2D eigenvalue weighted by atomic mass is 9.97. The topological polar surface area (TPSA) is 118 Å². The van der Waals surface area contributed by atoms with Gasteiger partial charge in [-0.1, -0.05) is 0 Å². The summed E-state index contributed by atoms with van der Waals surface area (Å²) in [5.41, 5.74) is 5.40. The minimum absolute atomic E-state index is 0.0655. The Kier molecular flexibility index (Phi) is 6.83. The zero-order valence-corrected chi connectivity index (χ0v) is 16.3. The highest BCUT2D eigenvalue weighted by Crippen LogP contribution is 2.22. The molecule has 1 fully saturated rings. The second-order valence-electron chi connectivity index (χ2n) is 6.75. The third-order valence-corrected chi connectivity index (χ3v) is 5.66. The van der Waals surface area contributed by atoms with Crippen molar-refractivity contribution in [2.75, 3.05) is 31.5 Å². The van der Waals surface area contributed by atoms with Crippen molar-refractivity contribution in [3.8, 4) is 0 Å². The molecule has 1 saturated heterocycles. The summed E-state index contributed by atoms with van der Waals surface area (Å²) in [6.45, 7) is 3.02. The number of nitrogens with two attached hydrogens (primary N) is 1. The molecule has 1 aliphatic heterocycles. The first-order valence-corrected chi connectivity index (χ1v) is 10.1. The summed E-state index contributed by atoms with van der Waals surface area (Å²) in [6, 6.07) is 6.59. The summed E-state index contributed by atoms with van der Waals surface area (Å²) in [6.07, 6.45) is 4.06. The lowest BCUT2D eigenvalue weighted by molar-refractivity contribution is -0.123. The lowest BCUT2D eigenvalue weighted by Crippen LogP contribution is -2.42. The van der Waals surface area contributed by atoms with Crippen molar-refractivity contribution in [3.63, 3.8) is 0 Å². The molecule has 28 heavy (non-hydrogen) atoms. The van der Waals surface area contributed by atoms with Gasteiger partial charge in [0.15, 0.2) is 5.76 Å². The minimum atomic E-state index is -0.352. The SMILES string of the molecule is NC(=O)C1CCCN(CCCNC(=O)c2ccc(NC(=O)c3ccco3)s2)C1. The van der Waals surface area contributed by atoms with Crippen LogP contribution in [0.3, 0.4) is 0 Å². The van der Waals surface area contributed by atoms with Crippen LogP contribution in [0.25, 0.3) is 0 Å². The summed E-state index contributed by atoms with van der Waals surface area (Å²) in [7, 11) is 0. The van der Waals surface area contributed by atoms with E-state index in [1.54, 1.807) is 24.3 Å². The number of piperidine rings is 1. The molecule has 8 nitrogen and oxygen atoms in total. The van der Waals surface area contributed by atoms with E-state index in [0.717, 1.165) is 32.4 Å². The Morgan fingerprint density at radius 3 is 2.86 bits per heavy atom. The quantitative estimate of drug-likeness (QED) is 0.581. The third kappa shape index (κ3) is 5.43. The van der Waals surface area contributed by atoms with E-state index in [4.69, 9.17) is 10.2 Å². The molecule has 3 heterocycles. The lowest BCUT2D eigenvalue weighted by Gasteiger charge is -2.31. The molecule has 1 unspecified atom stereocenters. The number of amides is 3. The average molecular weight is 404 g/mol. The van der Waals surface area contributed by atoms with E-state index in [9.17, 15) is 14.4 Å². The first kappa shape index (κ1) is 20.1. The van der Waals surface area contributed by atoms with Gasteiger partial charge in [0.05, 0.1) is 22.1 Å². The number of carbonyl (C=O) groups is 3. The van der Waals surface area contributed by atoms with E-state index >= 15 is 0 Å². The highest BCUT2D eigenvalue weighted by Gasteiger charge is 2.23. The number of carbonyl (C=O) groups excluding carboxylic acids is 3. The monoisotopic (exact) mass is 404 g/mol. The summed E-state index contributed by atoms with van der Waals surface area (Å²) in [5, 5.41) is 6.17. The first-order chi connectivity index (χ1) is 13.5. The van der Waals surface area contributed by atoms with Crippen LogP contribution in [0.4, 0.5) is 5.00 Å². The van der Waals surface area contributed by atoms with Crippen LogP contribution in [-0.2, 0) is 4.79 Å². The Balaban J connectivity index is 1.39. The predicted molar refractivity (Wildman–Crippen MR) is 106 cm³/mol. The number of anilines is 1. The van der Waals surface area contributed by atoms with Gasteiger partial charge in [-0.05, 0) is 56.6 Å². The number of nitrogens with one attached hydrogen (secondary N) is 2. The second-order valence-corrected chi connectivity index (χ2v) is 7.83. The number of nitrogens with zero attached hydrogens (tertiary/aromatic N) is 1. The first-order valence-electron chi connectivity index (χ1n) is 9.27. The van der Waals surface area contributed by atoms with Crippen molar-refractivity contribution in [2.45, 2.75) is 19.3 Å². The van der Waals surface area contributed by atoms with Crippen LogP contribution in [0.1, 0.15) is 39.5 Å². The third-order valence-electron chi connectivity index (χ3n) is 4.66. The van der Waals surface area contributed by atoms with E-state index in [1.165, 1.54) is 17.6 Å². The smallest absolute Gasteiger partial charge is 0.291 e. The second kappa shape index (κ2) is 9.52. The number of rotatable bonds is 8. The summed E-state index contributed by atoms with van der Waals surface area (Å²) < 4.78 is 5.04. The average Bonchev–Trinajstić information content (AvgIpc) is 3.37. The van der Waals surface area contributed by atoms with Gasteiger partial charge in [-0.2, -0.15) is 0 Å². The number of primary amides is 1. The van der Waals surface area contributed by atoms with Crippen molar-refractivity contribution < 1.29 is 18.8 Å². The minimum Gasteiger partial charge on any atom is -0.459 e. The van der Waals surface area contributed by atoms with Gasteiger partial charge in [0, 0.05) is 13.1 Å². The largest absolute Gasteiger partial charge is 0.459 e. The Labute approximate surface area is 167 Å². The Morgan fingerprint density at radius 1 is 1.25 bits per heavy atom. The zero-order valence-electron chi connectivity index (χ0n) is 15.5. The van der Waals surface area contributed by atoms with E-state index in [0.29, 0.717) is 23.0 Å². The van der Waals surface area contributed by atoms with Crippen molar-refractivity contribution in [3.05, 3.63) is 41.2 Å². The fraction of sp³-hybridized carbons (Fsp3) is 0.421. The molecule has 0 spiro atoms. The molecule has 1 atom stereocenters. The van der Waals surface area contributed by atoms with Crippen molar-refractivity contribution >= 4 is 34.1 Å². The molecule has 0 bridgehead atoms. The van der Waals surface area contributed by atoms with E-state index in [-0.39, 0.29) is 29.4 Å². The standard InChI is InChI=1S/C19H24N4O4S/c20-17(24)13-4-1-9-23(12-13)10-3-8-21-19(26)15-6-7-16(28-15)22-18(25)14-5-2-11-27-14/h2,5-7,11,13H,1,3-4,8-10,12H2,(H2,20,24)(H,21,26)(H,22,25). The van der Waals surface area contributed by atoms with Crippen LogP contribution >= 0.6 is 11.3 Å². The summed E-state index contributed by atoms with van der Waals surface area (Å²) >= 11 is 1.21. The molecule has 2 aromatic rings. The van der Waals surface area contributed by atoms with E-state index in [1.807, 2.05) is 0 Å². The van der Waals surface area contributed by atoms with Gasteiger partial charge in [-0.3, -0.25) is 14.4 Å². The predicted octanol–water partition coefficient (Wildman–Crippen LogP) is 1.91. The van der Waals surface area contributed by atoms with Crippen LogP contribution < -0.4 is 16.4 Å². The fourth-order valence-corrected chi connectivity index (χ4v) is 4.01. The molecule has 9 heteroatoms. The van der Waals surface area contributed by atoms with Gasteiger partial charge in [-0.25, -0.2) is 0 Å². The molecule has 2 aromatic heterocycles. The number of thiophene rings is 1. The Hall–Kier alpha value is -2.65. The molecule has 3 amide bonds. The van der Waals surface area contributed by atoms with Crippen LogP contribution in [0.5, 0.6) is 0 Å². The molecule has 3 rings (SSSR count). The maximum Gasteiger partial charge on any atom is 0.291 e. The normalized spacial score (nSPS) is 17.2. The van der Waals surface area contributed by atoms with Gasteiger partial charge < -0.3 is 25.7 Å². The maximum atomic E-state index is 12.3. The summed E-state index contributed by atoms with van der Waals surface area (Å²) in [5.74, 6) is -0.600. The maximum absolute atomic E-state index is 12.3. The van der Waals surface area contributed by atoms with Crippen molar-refractivity contribution in [1.82, 2.24) is 10.2 Å². The molecule has 0 saturated carbocycles. The van der Waals surface area contributed by atoms with Crippen LogP contribution in [0.15, 0.2) is 34.9 Å². The van der Waals surface area contributed by atoms with Crippen LogP contribution in [0.2, 0.25) is 0 Å². The Morgan fingerprint density at radius 2 is 2.11 bits per heavy atom. The van der Waals surface area contributed by atoms with Crippen molar-refractivity contribution in [1.29, 1.82) is 0 Å². The molecule has 4 N–H and O–H groups in total. The highest BCUT2D eigenvalue weighted by molar-refractivity contribution is 7.18. The van der Waals surface area contributed by atoms with E-state index in [2.05, 4.69) is 15.5 Å². The van der Waals surface area contributed by atoms with Crippen LogP contribution in [0, 0.1) is 5.92 Å². The fourth-order valence-electron chi connectivity index (χ4n) is 3.19. The number of hydrogen-bond acceptors (Lipinski definition) is 6. The molecule has 0 aliphatic carbocycles. The van der Waals surface area contributed by atoms with Gasteiger partial charge in [-0.15, -0.1) is 11.3 Å². The van der Waals surface area contributed by atoms with Crippen molar-refractivity contribution in [2.24, 2.45) is 11.7 Å². The summed E-state index contributed by atoms with van der Waals surface area (Å²) in [4.78, 5) is 38.3. The van der Waals surface area contributed by atoms with Gasteiger partial charge in [0.1, 0.15) is 0 Å². The van der Waals surface area contributed by atoms with Gasteiger partial charge >= 0.3 is 0 Å². The van der Waals surface area contributed by atoms with E-state index < -0.39 is 0 Å². The van der Waals surface area contributed by atoms with Gasteiger partial charge in [0.25, 0.3) is 11.8 Å². The molecular weight excluding hydrogens is 380 g/mol. The Bertz CT molecular complexity index is 818. The molecule has 1 aliphatic rings. The molecule has 150 valence electrons. The number of likely N-dealkylation sites (tertiary alicyclic amines) is 1. The van der Waals surface area contributed by atoms with Gasteiger partial charge in [0.2, 0.25) is 5.91 Å². The zero-order chi connectivity index (χ0) is 19.9. The highest BCUT2D eigenvalue weighted by atomic mass is 32.1. The molecular formula is C19H24N4O4S. The van der Waals surface area contributed by atoms with Crippen LogP contribution in [-0.4, -0.2) is 48.8 Å². The number of furan rings is 1. The molecule has 0 radical (unpaired) electrons.